The van der Waals surface area contributed by atoms with Crippen molar-refractivity contribution in [3.63, 3.8) is 0 Å². The SMILES string of the molecule is COC(=O)COc1cccc(NC(=O)CCNc2ccc(C(F)(F)F)cc2[N+](=O)[O-])c1. The summed E-state index contributed by atoms with van der Waals surface area (Å²) in [5, 5.41) is 16.2. The molecule has 0 radical (unpaired) electrons. The Balaban J connectivity index is 1.92. The van der Waals surface area contributed by atoms with E-state index in [9.17, 15) is 32.9 Å². The number of nitrogens with one attached hydrogen (secondary N) is 2. The molecule has 0 spiro atoms. The number of hydrogen-bond donors (Lipinski definition) is 2. The molecule has 0 saturated carbocycles. The number of anilines is 2. The molecule has 166 valence electrons. The number of benzene rings is 2. The average Bonchev–Trinajstić information content (AvgIpc) is 2.71. The van der Waals surface area contributed by atoms with Gasteiger partial charge in [-0.25, -0.2) is 4.79 Å². The molecule has 2 rings (SSSR count). The second-order valence-corrected chi connectivity index (χ2v) is 6.10. The van der Waals surface area contributed by atoms with Gasteiger partial charge >= 0.3 is 12.1 Å². The minimum Gasteiger partial charge on any atom is -0.482 e. The van der Waals surface area contributed by atoms with E-state index in [2.05, 4.69) is 15.4 Å². The predicted molar refractivity (Wildman–Crippen MR) is 104 cm³/mol. The van der Waals surface area contributed by atoms with Crippen LogP contribution in [0.3, 0.4) is 0 Å². The summed E-state index contributed by atoms with van der Waals surface area (Å²) in [5.41, 5.74) is -1.64. The number of esters is 1. The normalized spacial score (nSPS) is 10.8. The molecule has 31 heavy (non-hydrogen) atoms. The van der Waals surface area contributed by atoms with Crippen LogP contribution in [0, 0.1) is 10.1 Å². The van der Waals surface area contributed by atoms with Crippen LogP contribution in [0.15, 0.2) is 42.5 Å². The van der Waals surface area contributed by atoms with Gasteiger partial charge in [-0.05, 0) is 24.3 Å². The van der Waals surface area contributed by atoms with Gasteiger partial charge in [-0.1, -0.05) is 6.07 Å². The summed E-state index contributed by atoms with van der Waals surface area (Å²) < 4.78 is 47.9. The van der Waals surface area contributed by atoms with Gasteiger partial charge in [0.1, 0.15) is 11.4 Å². The van der Waals surface area contributed by atoms with Gasteiger partial charge < -0.3 is 20.1 Å². The van der Waals surface area contributed by atoms with E-state index >= 15 is 0 Å². The van der Waals surface area contributed by atoms with Gasteiger partial charge in [0.05, 0.1) is 17.6 Å². The van der Waals surface area contributed by atoms with Crippen LogP contribution >= 0.6 is 0 Å². The van der Waals surface area contributed by atoms with Crippen LogP contribution in [-0.2, 0) is 20.5 Å². The number of carbonyl (C=O) groups excluding carboxylic acids is 2. The second-order valence-electron chi connectivity index (χ2n) is 6.10. The number of methoxy groups -OCH3 is 1. The highest BCUT2D eigenvalue weighted by atomic mass is 19.4. The molecule has 0 unspecified atom stereocenters. The van der Waals surface area contributed by atoms with Crippen molar-refractivity contribution in [3.05, 3.63) is 58.1 Å². The lowest BCUT2D eigenvalue weighted by molar-refractivity contribution is -0.384. The molecule has 0 aliphatic rings. The first-order chi connectivity index (χ1) is 14.6. The number of alkyl halides is 3. The smallest absolute Gasteiger partial charge is 0.416 e. The molecule has 2 N–H and O–H groups in total. The summed E-state index contributed by atoms with van der Waals surface area (Å²) >= 11 is 0. The van der Waals surface area contributed by atoms with Crippen LogP contribution < -0.4 is 15.4 Å². The molecule has 0 aliphatic heterocycles. The zero-order valence-corrected chi connectivity index (χ0v) is 16.2. The van der Waals surface area contributed by atoms with Gasteiger partial charge in [0.25, 0.3) is 5.69 Å². The highest BCUT2D eigenvalue weighted by molar-refractivity contribution is 5.91. The summed E-state index contributed by atoms with van der Waals surface area (Å²) in [7, 11) is 1.22. The maximum Gasteiger partial charge on any atom is 0.416 e. The minimum absolute atomic E-state index is 0.0590. The Bertz CT molecular complexity index is 965. The van der Waals surface area contributed by atoms with Gasteiger partial charge in [-0.3, -0.25) is 14.9 Å². The van der Waals surface area contributed by atoms with Crippen molar-refractivity contribution in [1.82, 2.24) is 0 Å². The first-order valence-corrected chi connectivity index (χ1v) is 8.79. The zero-order valence-electron chi connectivity index (χ0n) is 16.2. The van der Waals surface area contributed by atoms with E-state index in [0.29, 0.717) is 17.5 Å². The molecule has 2 aromatic rings. The van der Waals surface area contributed by atoms with E-state index in [4.69, 9.17) is 4.74 Å². The van der Waals surface area contributed by atoms with E-state index < -0.39 is 34.2 Å². The van der Waals surface area contributed by atoms with E-state index in [1.807, 2.05) is 0 Å². The van der Waals surface area contributed by atoms with Crippen molar-refractivity contribution < 1.29 is 37.2 Å². The average molecular weight is 441 g/mol. The van der Waals surface area contributed by atoms with Crippen LogP contribution in [0.4, 0.5) is 30.2 Å². The fourth-order valence-corrected chi connectivity index (χ4v) is 2.41. The minimum atomic E-state index is -4.71. The molecule has 12 heteroatoms. The summed E-state index contributed by atoms with van der Waals surface area (Å²) in [6, 6.07) is 8.32. The van der Waals surface area contributed by atoms with Crippen molar-refractivity contribution in [3.8, 4) is 5.75 Å². The third-order valence-electron chi connectivity index (χ3n) is 3.89. The second kappa shape index (κ2) is 10.3. The highest BCUT2D eigenvalue weighted by Gasteiger charge is 2.33. The number of amides is 1. The van der Waals surface area contributed by atoms with Crippen molar-refractivity contribution in [1.29, 1.82) is 0 Å². The number of rotatable bonds is 9. The Morgan fingerprint density at radius 3 is 2.55 bits per heavy atom. The third-order valence-corrected chi connectivity index (χ3v) is 3.89. The monoisotopic (exact) mass is 441 g/mol. The Hall–Kier alpha value is -3.83. The maximum absolute atomic E-state index is 12.7. The molecule has 0 saturated heterocycles. The molecule has 0 heterocycles. The van der Waals surface area contributed by atoms with Gasteiger partial charge in [-0.15, -0.1) is 0 Å². The van der Waals surface area contributed by atoms with E-state index in [0.717, 1.165) is 12.1 Å². The van der Waals surface area contributed by atoms with Crippen molar-refractivity contribution >= 4 is 28.9 Å². The van der Waals surface area contributed by atoms with Crippen LogP contribution in [0.1, 0.15) is 12.0 Å². The number of carbonyl (C=O) groups is 2. The van der Waals surface area contributed by atoms with E-state index in [-0.39, 0.29) is 25.3 Å². The molecule has 1 amide bonds. The van der Waals surface area contributed by atoms with Crippen LogP contribution in [0.25, 0.3) is 0 Å². The number of hydrogen-bond acceptors (Lipinski definition) is 7. The fourth-order valence-electron chi connectivity index (χ4n) is 2.41. The number of nitro benzene ring substituents is 1. The number of halogens is 3. The van der Waals surface area contributed by atoms with Crippen LogP contribution in [-0.4, -0.2) is 37.1 Å². The predicted octanol–water partition coefficient (Wildman–Crippen LogP) is 3.61. The Morgan fingerprint density at radius 1 is 1.16 bits per heavy atom. The number of ether oxygens (including phenoxy) is 2. The fraction of sp³-hybridized carbons (Fsp3) is 0.263. The molecule has 0 atom stereocenters. The summed E-state index contributed by atoms with van der Waals surface area (Å²) in [5.74, 6) is -0.702. The quantitative estimate of drug-likeness (QED) is 0.347. The summed E-state index contributed by atoms with van der Waals surface area (Å²) in [4.78, 5) is 33.3. The van der Waals surface area contributed by atoms with Gasteiger partial charge in [0.15, 0.2) is 6.61 Å². The van der Waals surface area contributed by atoms with E-state index in [1.54, 1.807) is 18.2 Å². The first kappa shape index (κ1) is 23.4. The van der Waals surface area contributed by atoms with Gasteiger partial charge in [0, 0.05) is 30.8 Å². The Morgan fingerprint density at radius 2 is 1.90 bits per heavy atom. The van der Waals surface area contributed by atoms with Gasteiger partial charge in [-0.2, -0.15) is 13.2 Å². The largest absolute Gasteiger partial charge is 0.482 e. The standard InChI is InChI=1S/C19H18F3N3O6/c1-30-18(27)11-31-14-4-2-3-13(10-14)24-17(26)7-8-23-15-6-5-12(19(20,21)22)9-16(15)25(28)29/h2-6,9-10,23H,7-8,11H2,1H3,(H,24,26). The summed E-state index contributed by atoms with van der Waals surface area (Å²) in [6.07, 6.45) is -4.83. The lowest BCUT2D eigenvalue weighted by Gasteiger charge is -2.11. The molecule has 0 aromatic heterocycles. The topological polar surface area (TPSA) is 120 Å². The van der Waals surface area contributed by atoms with Crippen molar-refractivity contribution in [2.45, 2.75) is 12.6 Å². The molecular formula is C19H18F3N3O6. The lowest BCUT2D eigenvalue weighted by atomic mass is 10.1. The third kappa shape index (κ3) is 7.17. The van der Waals surface area contributed by atoms with Crippen LogP contribution in [0.5, 0.6) is 5.75 Å². The summed E-state index contributed by atoms with van der Waals surface area (Å²) in [6.45, 7) is -0.361. The van der Waals surface area contributed by atoms with Gasteiger partial charge in [0.2, 0.25) is 5.91 Å². The molecule has 0 aliphatic carbocycles. The molecule has 0 fully saturated rings. The zero-order chi connectivity index (χ0) is 23.0. The maximum atomic E-state index is 12.7. The van der Waals surface area contributed by atoms with E-state index in [1.165, 1.54) is 13.2 Å². The first-order valence-electron chi connectivity index (χ1n) is 8.79. The Labute approximate surface area is 174 Å². The van der Waals surface area contributed by atoms with Crippen molar-refractivity contribution in [2.24, 2.45) is 0 Å². The Kier molecular flexibility index (Phi) is 7.77. The lowest BCUT2D eigenvalue weighted by Crippen LogP contribution is -2.17. The highest BCUT2D eigenvalue weighted by Crippen LogP contribution is 2.34. The number of nitrogens with zero attached hydrogens (tertiary/aromatic N) is 1. The molecule has 2 aromatic carbocycles. The molecule has 0 bridgehead atoms. The molecular weight excluding hydrogens is 423 g/mol. The number of nitro groups is 1. The van der Waals surface area contributed by atoms with Crippen molar-refractivity contribution in [2.75, 3.05) is 30.9 Å². The molecule has 9 nitrogen and oxygen atoms in total. The van der Waals surface area contributed by atoms with Crippen LogP contribution in [0.2, 0.25) is 0 Å².